The largest absolute Gasteiger partial charge is 0.304 e. The summed E-state index contributed by atoms with van der Waals surface area (Å²) in [5.74, 6) is 0.632. The third-order valence-corrected chi connectivity index (χ3v) is 4.72. The maximum Gasteiger partial charge on any atom is 0.275 e. The summed E-state index contributed by atoms with van der Waals surface area (Å²) in [4.78, 5) is 21.2. The molecule has 0 atom stereocenters. The fourth-order valence-electron chi connectivity index (χ4n) is 2.85. The third-order valence-electron chi connectivity index (χ3n) is 4.42. The van der Waals surface area contributed by atoms with E-state index in [4.69, 9.17) is 11.6 Å². The second-order valence-corrected chi connectivity index (χ2v) is 6.43. The topological polar surface area (TPSA) is 72.7 Å². The van der Waals surface area contributed by atoms with Crippen molar-refractivity contribution in [2.45, 2.75) is 25.2 Å². The summed E-state index contributed by atoms with van der Waals surface area (Å²) in [5.41, 5.74) is 2.76. The van der Waals surface area contributed by atoms with E-state index in [1.54, 1.807) is 23.9 Å². The Balaban J connectivity index is 1.58. The Labute approximate surface area is 143 Å². The van der Waals surface area contributed by atoms with Crippen LogP contribution in [-0.2, 0) is 7.05 Å². The maximum atomic E-state index is 12.5. The summed E-state index contributed by atoms with van der Waals surface area (Å²) < 4.78 is 1.62. The molecule has 1 fully saturated rings. The molecule has 1 amide bonds. The van der Waals surface area contributed by atoms with Crippen LogP contribution in [0.2, 0.25) is 5.02 Å². The SMILES string of the molecule is Cn1nc(C2CCC2)cc1C(=O)Nc1cnc2c(Cl)cccc2n1. The molecule has 0 bridgehead atoms. The maximum absolute atomic E-state index is 12.5. The number of carbonyl (C=O) groups excluding carboxylic acids is 1. The molecule has 1 aliphatic rings. The fraction of sp³-hybridized carbons (Fsp3) is 0.294. The van der Waals surface area contributed by atoms with Gasteiger partial charge in [0, 0.05) is 13.0 Å². The van der Waals surface area contributed by atoms with Crippen molar-refractivity contribution in [3.05, 3.63) is 46.9 Å². The van der Waals surface area contributed by atoms with E-state index in [1.807, 2.05) is 12.1 Å². The summed E-state index contributed by atoms with van der Waals surface area (Å²) in [5, 5.41) is 7.78. The Kier molecular flexibility index (Phi) is 3.69. The number of aromatic nitrogens is 4. The molecule has 24 heavy (non-hydrogen) atoms. The van der Waals surface area contributed by atoms with Crippen molar-refractivity contribution >= 4 is 34.4 Å². The number of anilines is 1. The number of aryl methyl sites for hydroxylation is 1. The molecule has 0 spiro atoms. The molecule has 3 aromatic rings. The highest BCUT2D eigenvalue weighted by molar-refractivity contribution is 6.34. The molecule has 2 aromatic heterocycles. The molecule has 0 radical (unpaired) electrons. The van der Waals surface area contributed by atoms with Gasteiger partial charge in [0.25, 0.3) is 5.91 Å². The summed E-state index contributed by atoms with van der Waals surface area (Å²) in [6, 6.07) is 7.23. The van der Waals surface area contributed by atoms with Crippen LogP contribution in [-0.4, -0.2) is 25.7 Å². The smallest absolute Gasteiger partial charge is 0.275 e. The number of rotatable bonds is 3. The first kappa shape index (κ1) is 15.1. The standard InChI is InChI=1S/C17H16ClN5O/c1-23-14(8-13(22-23)10-4-2-5-10)17(24)21-15-9-19-16-11(18)6-3-7-12(16)20-15/h3,6-10H,2,4-5H2,1H3,(H,20,21,24). The zero-order valence-electron chi connectivity index (χ0n) is 13.2. The molecule has 0 aliphatic heterocycles. The highest BCUT2D eigenvalue weighted by Crippen LogP contribution is 2.35. The monoisotopic (exact) mass is 341 g/mol. The zero-order valence-corrected chi connectivity index (χ0v) is 13.9. The molecular formula is C17H16ClN5O. The first-order chi connectivity index (χ1) is 11.6. The van der Waals surface area contributed by atoms with Crippen LogP contribution >= 0.6 is 11.6 Å². The fourth-order valence-corrected chi connectivity index (χ4v) is 3.07. The van der Waals surface area contributed by atoms with E-state index in [1.165, 1.54) is 12.6 Å². The molecular weight excluding hydrogens is 326 g/mol. The van der Waals surface area contributed by atoms with E-state index in [-0.39, 0.29) is 5.91 Å². The van der Waals surface area contributed by atoms with Gasteiger partial charge >= 0.3 is 0 Å². The van der Waals surface area contributed by atoms with E-state index in [9.17, 15) is 4.79 Å². The van der Waals surface area contributed by atoms with Crippen molar-refractivity contribution in [1.82, 2.24) is 19.7 Å². The quantitative estimate of drug-likeness (QED) is 0.790. The van der Waals surface area contributed by atoms with Crippen LogP contribution in [0.15, 0.2) is 30.5 Å². The van der Waals surface area contributed by atoms with E-state index in [0.717, 1.165) is 18.5 Å². The number of nitrogens with zero attached hydrogens (tertiary/aromatic N) is 4. The summed E-state index contributed by atoms with van der Waals surface area (Å²) in [7, 11) is 1.78. The highest BCUT2D eigenvalue weighted by atomic mass is 35.5. The highest BCUT2D eigenvalue weighted by Gasteiger charge is 2.24. The van der Waals surface area contributed by atoms with Crippen molar-refractivity contribution in [2.24, 2.45) is 7.05 Å². The van der Waals surface area contributed by atoms with Gasteiger partial charge in [0.1, 0.15) is 11.2 Å². The summed E-state index contributed by atoms with van der Waals surface area (Å²) in [6.07, 6.45) is 5.04. The molecule has 1 saturated carbocycles. The summed E-state index contributed by atoms with van der Waals surface area (Å²) >= 11 is 6.08. The van der Waals surface area contributed by atoms with Gasteiger partial charge in [-0.05, 0) is 31.0 Å². The Morgan fingerprint density at radius 3 is 2.96 bits per heavy atom. The minimum absolute atomic E-state index is 0.244. The van der Waals surface area contributed by atoms with Crippen LogP contribution in [0.4, 0.5) is 5.82 Å². The molecule has 0 unspecified atom stereocenters. The minimum atomic E-state index is -0.244. The predicted octanol–water partition coefficient (Wildman–Crippen LogP) is 3.54. The van der Waals surface area contributed by atoms with Gasteiger partial charge in [0.05, 0.1) is 22.4 Å². The van der Waals surface area contributed by atoms with Gasteiger partial charge in [0.15, 0.2) is 5.82 Å². The second kappa shape index (κ2) is 5.87. The number of hydrogen-bond acceptors (Lipinski definition) is 4. The van der Waals surface area contributed by atoms with E-state index >= 15 is 0 Å². The Morgan fingerprint density at radius 2 is 2.21 bits per heavy atom. The van der Waals surface area contributed by atoms with Gasteiger partial charge in [-0.1, -0.05) is 24.1 Å². The van der Waals surface area contributed by atoms with Gasteiger partial charge in [-0.15, -0.1) is 0 Å². The van der Waals surface area contributed by atoms with Crippen LogP contribution in [0.25, 0.3) is 11.0 Å². The lowest BCUT2D eigenvalue weighted by atomic mass is 9.83. The molecule has 0 saturated heterocycles. The molecule has 1 N–H and O–H groups in total. The zero-order chi connectivity index (χ0) is 16.7. The van der Waals surface area contributed by atoms with E-state index in [2.05, 4.69) is 20.4 Å². The number of para-hydroxylation sites is 1. The molecule has 7 heteroatoms. The van der Waals surface area contributed by atoms with Crippen molar-refractivity contribution < 1.29 is 4.79 Å². The van der Waals surface area contributed by atoms with E-state index in [0.29, 0.717) is 33.5 Å². The normalized spacial score (nSPS) is 14.6. The predicted molar refractivity (Wildman–Crippen MR) is 92.3 cm³/mol. The van der Waals surface area contributed by atoms with Crippen molar-refractivity contribution in [2.75, 3.05) is 5.32 Å². The Hall–Kier alpha value is -2.47. The van der Waals surface area contributed by atoms with Crippen LogP contribution in [0.3, 0.4) is 0 Å². The number of hydrogen-bond donors (Lipinski definition) is 1. The lowest BCUT2D eigenvalue weighted by molar-refractivity contribution is 0.101. The van der Waals surface area contributed by atoms with Gasteiger partial charge in [-0.3, -0.25) is 9.48 Å². The van der Waals surface area contributed by atoms with Gasteiger partial charge in [-0.25, -0.2) is 9.97 Å². The minimum Gasteiger partial charge on any atom is -0.304 e. The molecule has 6 nitrogen and oxygen atoms in total. The summed E-state index contributed by atoms with van der Waals surface area (Å²) in [6.45, 7) is 0. The van der Waals surface area contributed by atoms with Crippen molar-refractivity contribution in [3.8, 4) is 0 Å². The van der Waals surface area contributed by atoms with Crippen LogP contribution in [0.5, 0.6) is 0 Å². The number of carbonyl (C=O) groups is 1. The van der Waals surface area contributed by atoms with Crippen molar-refractivity contribution in [1.29, 1.82) is 0 Å². The first-order valence-corrected chi connectivity index (χ1v) is 8.26. The second-order valence-electron chi connectivity index (χ2n) is 6.02. The average Bonchev–Trinajstić information content (AvgIpc) is 2.87. The number of benzene rings is 1. The number of amides is 1. The van der Waals surface area contributed by atoms with Crippen molar-refractivity contribution in [3.63, 3.8) is 0 Å². The molecule has 4 rings (SSSR count). The third kappa shape index (κ3) is 2.63. The molecule has 1 aliphatic carbocycles. The average molecular weight is 342 g/mol. The number of halogens is 1. The van der Waals surface area contributed by atoms with E-state index < -0.39 is 0 Å². The lowest BCUT2D eigenvalue weighted by Gasteiger charge is -2.22. The molecule has 122 valence electrons. The first-order valence-electron chi connectivity index (χ1n) is 7.88. The van der Waals surface area contributed by atoms with Gasteiger partial charge in [0.2, 0.25) is 0 Å². The Morgan fingerprint density at radius 1 is 1.38 bits per heavy atom. The number of nitrogens with one attached hydrogen (secondary N) is 1. The molecule has 2 heterocycles. The number of fused-ring (bicyclic) bond motifs is 1. The Bertz CT molecular complexity index is 932. The molecule has 1 aromatic carbocycles. The van der Waals surface area contributed by atoms with Gasteiger partial charge < -0.3 is 5.32 Å². The van der Waals surface area contributed by atoms with Crippen LogP contribution in [0.1, 0.15) is 41.4 Å². The van der Waals surface area contributed by atoms with Gasteiger partial charge in [-0.2, -0.15) is 5.10 Å². The van der Waals surface area contributed by atoms with Crippen LogP contribution < -0.4 is 5.32 Å². The van der Waals surface area contributed by atoms with Crippen LogP contribution in [0, 0.1) is 0 Å². The lowest BCUT2D eigenvalue weighted by Crippen LogP contribution is -2.17.